The predicted octanol–water partition coefficient (Wildman–Crippen LogP) is 3.53. The van der Waals surface area contributed by atoms with Crippen LogP contribution in [-0.2, 0) is 9.53 Å². The van der Waals surface area contributed by atoms with Crippen LogP contribution in [0.3, 0.4) is 0 Å². The van der Waals surface area contributed by atoms with Gasteiger partial charge in [-0.25, -0.2) is 0 Å². The Morgan fingerprint density at radius 2 is 2.18 bits per heavy atom. The van der Waals surface area contributed by atoms with E-state index in [4.69, 9.17) is 16.3 Å². The van der Waals surface area contributed by atoms with E-state index < -0.39 is 0 Å². The molecular formula is C17H22ClNO3. The molecule has 2 rings (SSSR count). The molecule has 0 aliphatic carbocycles. The van der Waals surface area contributed by atoms with Crippen LogP contribution in [0.15, 0.2) is 24.3 Å². The molecule has 1 aliphatic rings. The molecule has 1 aromatic rings. The molecule has 5 heteroatoms. The average Bonchev–Trinajstić information content (AvgIpc) is 2.45. The van der Waals surface area contributed by atoms with Gasteiger partial charge in [-0.05, 0) is 50.8 Å². The van der Waals surface area contributed by atoms with Gasteiger partial charge in [0.2, 0.25) is 0 Å². The number of ether oxygens (including phenoxy) is 1. The van der Waals surface area contributed by atoms with Crippen LogP contribution in [0.1, 0.15) is 43.5 Å². The molecule has 1 heterocycles. The van der Waals surface area contributed by atoms with Gasteiger partial charge < -0.3 is 9.64 Å². The number of hydrogen-bond acceptors (Lipinski definition) is 3. The standard InChI is InChI=1S/C17H22ClNO3/c1-12(2)22-16(20)9-13-5-4-8-19(11-13)17(21)14-6-3-7-15(18)10-14/h3,6-7,10,12-13H,4-5,8-9,11H2,1-2H3/t13-/m0/s1. The lowest BCUT2D eigenvalue weighted by molar-refractivity contribution is -0.148. The van der Waals surface area contributed by atoms with Gasteiger partial charge in [-0.15, -0.1) is 0 Å². The summed E-state index contributed by atoms with van der Waals surface area (Å²) in [6.45, 7) is 5.00. The first-order valence-electron chi connectivity index (χ1n) is 7.70. The SMILES string of the molecule is CC(C)OC(=O)C[C@@H]1CCCN(C(=O)c2cccc(Cl)c2)C1. The van der Waals surface area contributed by atoms with Crippen LogP contribution in [0, 0.1) is 5.92 Å². The van der Waals surface area contributed by atoms with Crippen molar-refractivity contribution in [3.05, 3.63) is 34.9 Å². The van der Waals surface area contributed by atoms with E-state index in [-0.39, 0.29) is 23.9 Å². The third-order valence-electron chi connectivity index (χ3n) is 3.70. The van der Waals surface area contributed by atoms with Crippen LogP contribution in [0.5, 0.6) is 0 Å². The number of carbonyl (C=O) groups excluding carboxylic acids is 2. The molecular weight excluding hydrogens is 302 g/mol. The topological polar surface area (TPSA) is 46.6 Å². The molecule has 1 saturated heterocycles. The summed E-state index contributed by atoms with van der Waals surface area (Å²) in [6, 6.07) is 6.97. The van der Waals surface area contributed by atoms with E-state index in [9.17, 15) is 9.59 Å². The van der Waals surface area contributed by atoms with Gasteiger partial charge in [0.15, 0.2) is 0 Å². The van der Waals surface area contributed by atoms with Crippen LogP contribution >= 0.6 is 11.6 Å². The fraction of sp³-hybridized carbons (Fsp3) is 0.529. The van der Waals surface area contributed by atoms with Crippen molar-refractivity contribution in [2.45, 2.75) is 39.2 Å². The molecule has 0 unspecified atom stereocenters. The van der Waals surface area contributed by atoms with Crippen molar-refractivity contribution in [1.29, 1.82) is 0 Å². The minimum Gasteiger partial charge on any atom is -0.463 e. The van der Waals surface area contributed by atoms with Gasteiger partial charge in [-0.2, -0.15) is 0 Å². The molecule has 1 atom stereocenters. The van der Waals surface area contributed by atoms with Crippen molar-refractivity contribution in [3.8, 4) is 0 Å². The molecule has 4 nitrogen and oxygen atoms in total. The number of hydrogen-bond donors (Lipinski definition) is 0. The molecule has 0 radical (unpaired) electrons. The van der Waals surface area contributed by atoms with E-state index in [1.807, 2.05) is 18.7 Å². The number of carbonyl (C=O) groups is 2. The molecule has 120 valence electrons. The number of benzene rings is 1. The van der Waals surface area contributed by atoms with Crippen molar-refractivity contribution in [3.63, 3.8) is 0 Å². The zero-order valence-electron chi connectivity index (χ0n) is 13.0. The maximum absolute atomic E-state index is 12.5. The van der Waals surface area contributed by atoms with Crippen LogP contribution in [-0.4, -0.2) is 36.0 Å². The van der Waals surface area contributed by atoms with E-state index in [1.54, 1.807) is 24.3 Å². The van der Waals surface area contributed by atoms with E-state index in [0.29, 0.717) is 23.6 Å². The first-order valence-corrected chi connectivity index (χ1v) is 8.08. The molecule has 0 N–H and O–H groups in total. The Hall–Kier alpha value is -1.55. The van der Waals surface area contributed by atoms with Crippen LogP contribution in [0.2, 0.25) is 5.02 Å². The van der Waals surface area contributed by atoms with E-state index in [0.717, 1.165) is 19.4 Å². The highest BCUT2D eigenvalue weighted by molar-refractivity contribution is 6.30. The normalized spacial score (nSPS) is 18.4. The van der Waals surface area contributed by atoms with Gasteiger partial charge in [-0.3, -0.25) is 9.59 Å². The number of amides is 1. The second kappa shape index (κ2) is 7.63. The van der Waals surface area contributed by atoms with Gasteiger partial charge >= 0.3 is 5.97 Å². The number of halogens is 1. The van der Waals surface area contributed by atoms with Crippen LogP contribution < -0.4 is 0 Å². The zero-order chi connectivity index (χ0) is 16.1. The van der Waals surface area contributed by atoms with E-state index in [1.165, 1.54) is 0 Å². The van der Waals surface area contributed by atoms with Gasteiger partial charge in [0.05, 0.1) is 12.5 Å². The van der Waals surface area contributed by atoms with E-state index >= 15 is 0 Å². The molecule has 0 aromatic heterocycles. The first-order chi connectivity index (χ1) is 10.5. The summed E-state index contributed by atoms with van der Waals surface area (Å²) >= 11 is 5.94. The lowest BCUT2D eigenvalue weighted by Crippen LogP contribution is -2.40. The summed E-state index contributed by atoms with van der Waals surface area (Å²) in [6.07, 6.45) is 2.14. The lowest BCUT2D eigenvalue weighted by atomic mass is 9.94. The smallest absolute Gasteiger partial charge is 0.306 e. The molecule has 0 bridgehead atoms. The Labute approximate surface area is 136 Å². The summed E-state index contributed by atoms with van der Waals surface area (Å²) in [5, 5.41) is 0.555. The highest BCUT2D eigenvalue weighted by atomic mass is 35.5. The van der Waals surface area contributed by atoms with Crippen LogP contribution in [0.25, 0.3) is 0 Å². The molecule has 0 saturated carbocycles. The molecule has 1 aliphatic heterocycles. The third-order valence-corrected chi connectivity index (χ3v) is 3.94. The fourth-order valence-corrected chi connectivity index (χ4v) is 2.96. The number of esters is 1. The largest absolute Gasteiger partial charge is 0.463 e. The number of likely N-dealkylation sites (tertiary alicyclic amines) is 1. The van der Waals surface area contributed by atoms with Crippen molar-refractivity contribution in [2.24, 2.45) is 5.92 Å². The Kier molecular flexibility index (Phi) is 5.83. The summed E-state index contributed by atoms with van der Waals surface area (Å²) in [5.41, 5.74) is 0.595. The Morgan fingerprint density at radius 3 is 2.86 bits per heavy atom. The summed E-state index contributed by atoms with van der Waals surface area (Å²) in [5.74, 6) is -0.0374. The van der Waals surface area contributed by atoms with Crippen LogP contribution in [0.4, 0.5) is 0 Å². The molecule has 1 aromatic carbocycles. The first kappa shape index (κ1) is 16.8. The third kappa shape index (κ3) is 4.73. The molecule has 1 fully saturated rings. The number of nitrogens with zero attached hydrogens (tertiary/aromatic N) is 1. The highest BCUT2D eigenvalue weighted by Crippen LogP contribution is 2.22. The quantitative estimate of drug-likeness (QED) is 0.796. The predicted molar refractivity (Wildman–Crippen MR) is 85.9 cm³/mol. The summed E-state index contributed by atoms with van der Waals surface area (Å²) < 4.78 is 5.19. The highest BCUT2D eigenvalue weighted by Gasteiger charge is 2.26. The minimum absolute atomic E-state index is 0.0237. The van der Waals surface area contributed by atoms with Crippen molar-refractivity contribution in [1.82, 2.24) is 4.90 Å². The number of piperidine rings is 1. The van der Waals surface area contributed by atoms with E-state index in [2.05, 4.69) is 0 Å². The number of rotatable bonds is 4. The van der Waals surface area contributed by atoms with Gasteiger partial charge in [-0.1, -0.05) is 17.7 Å². The lowest BCUT2D eigenvalue weighted by Gasteiger charge is -2.32. The maximum atomic E-state index is 12.5. The maximum Gasteiger partial charge on any atom is 0.306 e. The Morgan fingerprint density at radius 1 is 1.41 bits per heavy atom. The van der Waals surface area contributed by atoms with Gasteiger partial charge in [0.1, 0.15) is 0 Å². The zero-order valence-corrected chi connectivity index (χ0v) is 13.8. The van der Waals surface area contributed by atoms with Crippen molar-refractivity contribution >= 4 is 23.5 Å². The Balaban J connectivity index is 1.95. The Bertz CT molecular complexity index is 544. The molecule has 0 spiro atoms. The average molecular weight is 324 g/mol. The van der Waals surface area contributed by atoms with Gasteiger partial charge in [0.25, 0.3) is 5.91 Å². The van der Waals surface area contributed by atoms with Crippen molar-refractivity contribution < 1.29 is 14.3 Å². The second-order valence-corrected chi connectivity index (χ2v) is 6.45. The summed E-state index contributed by atoms with van der Waals surface area (Å²) in [4.78, 5) is 26.1. The second-order valence-electron chi connectivity index (χ2n) is 6.01. The van der Waals surface area contributed by atoms with Gasteiger partial charge in [0, 0.05) is 23.7 Å². The monoisotopic (exact) mass is 323 g/mol. The van der Waals surface area contributed by atoms with Crippen molar-refractivity contribution in [2.75, 3.05) is 13.1 Å². The molecule has 22 heavy (non-hydrogen) atoms. The minimum atomic E-state index is -0.183. The molecule has 1 amide bonds. The summed E-state index contributed by atoms with van der Waals surface area (Å²) in [7, 11) is 0. The fourth-order valence-electron chi connectivity index (χ4n) is 2.77.